The lowest BCUT2D eigenvalue weighted by atomic mass is 10.2. The molecule has 2 atom stereocenters. The molecule has 114 valence electrons. The lowest BCUT2D eigenvalue weighted by Gasteiger charge is -2.20. The molecule has 2 heterocycles. The molecule has 7 nitrogen and oxygen atoms in total. The largest absolute Gasteiger partial charge is 0.395 e. The molecule has 1 N–H and O–H groups in total. The summed E-state index contributed by atoms with van der Waals surface area (Å²) in [5.74, 6) is 0. The van der Waals surface area contributed by atoms with E-state index >= 15 is 0 Å². The van der Waals surface area contributed by atoms with Gasteiger partial charge in [-0.15, -0.1) is 0 Å². The van der Waals surface area contributed by atoms with Crippen LogP contribution in [0.15, 0.2) is 17.6 Å². The minimum atomic E-state index is -3.69. The number of hydrogen-bond donors (Lipinski definition) is 1. The molecule has 1 aromatic heterocycles. The van der Waals surface area contributed by atoms with Gasteiger partial charge in [0.25, 0.3) is 10.0 Å². The van der Waals surface area contributed by atoms with Crippen LogP contribution in [-0.4, -0.2) is 59.8 Å². The second-order valence-electron chi connectivity index (χ2n) is 5.26. The van der Waals surface area contributed by atoms with E-state index < -0.39 is 16.1 Å². The Morgan fingerprint density at radius 2 is 2.25 bits per heavy atom. The van der Waals surface area contributed by atoms with Crippen LogP contribution in [-0.2, 0) is 14.8 Å². The normalized spacial score (nSPS) is 24.6. The van der Waals surface area contributed by atoms with E-state index in [2.05, 4.69) is 4.98 Å². The molecule has 1 aromatic rings. The fourth-order valence-corrected chi connectivity index (χ4v) is 3.91. The van der Waals surface area contributed by atoms with Gasteiger partial charge in [0, 0.05) is 25.9 Å². The third-order valence-electron chi connectivity index (χ3n) is 3.62. The quantitative estimate of drug-likeness (QED) is 0.842. The van der Waals surface area contributed by atoms with Crippen molar-refractivity contribution in [3.8, 4) is 0 Å². The lowest BCUT2D eigenvalue weighted by molar-refractivity contribution is 0.113. The van der Waals surface area contributed by atoms with Gasteiger partial charge >= 0.3 is 0 Å². The fourth-order valence-electron chi connectivity index (χ4n) is 2.33. The third kappa shape index (κ3) is 2.73. The van der Waals surface area contributed by atoms with Crippen LogP contribution in [0.25, 0.3) is 0 Å². The van der Waals surface area contributed by atoms with Crippen LogP contribution in [0, 0.1) is 0 Å². The molecule has 0 unspecified atom stereocenters. The Labute approximate surface area is 119 Å². The number of methoxy groups -OCH3 is 1. The van der Waals surface area contributed by atoms with Crippen molar-refractivity contribution in [2.75, 3.05) is 20.3 Å². The highest BCUT2D eigenvalue weighted by molar-refractivity contribution is 7.89. The Morgan fingerprint density at radius 3 is 2.75 bits per heavy atom. The number of hydrogen-bond acceptors (Lipinski definition) is 5. The summed E-state index contributed by atoms with van der Waals surface area (Å²) < 4.78 is 33.4. The molecule has 1 aliphatic rings. The second kappa shape index (κ2) is 5.80. The van der Waals surface area contributed by atoms with Crippen LogP contribution in [0.2, 0.25) is 0 Å². The molecule has 20 heavy (non-hydrogen) atoms. The minimum absolute atomic E-state index is 0.0152. The van der Waals surface area contributed by atoms with Crippen molar-refractivity contribution >= 4 is 10.0 Å². The highest BCUT2D eigenvalue weighted by atomic mass is 32.2. The van der Waals surface area contributed by atoms with E-state index in [-0.39, 0.29) is 30.3 Å². The lowest BCUT2D eigenvalue weighted by Crippen LogP contribution is -2.38. The number of aliphatic hydroxyl groups excluding tert-OH is 1. The van der Waals surface area contributed by atoms with E-state index in [9.17, 15) is 13.5 Å². The van der Waals surface area contributed by atoms with Gasteiger partial charge in [-0.05, 0) is 20.3 Å². The molecule has 0 aromatic carbocycles. The number of aromatic nitrogens is 2. The highest BCUT2D eigenvalue weighted by Crippen LogP contribution is 2.26. The van der Waals surface area contributed by atoms with Gasteiger partial charge in [-0.25, -0.2) is 13.4 Å². The predicted octanol–water partition coefficient (Wildman–Crippen LogP) is 0.234. The van der Waals surface area contributed by atoms with E-state index in [1.807, 2.05) is 13.8 Å². The van der Waals surface area contributed by atoms with Gasteiger partial charge in [-0.3, -0.25) is 0 Å². The Balaban J connectivity index is 2.29. The van der Waals surface area contributed by atoms with Crippen molar-refractivity contribution in [2.45, 2.75) is 43.5 Å². The smallest absolute Gasteiger partial charge is 0.262 e. The summed E-state index contributed by atoms with van der Waals surface area (Å²) in [6.07, 6.45) is 3.34. The Morgan fingerprint density at radius 1 is 1.55 bits per heavy atom. The summed E-state index contributed by atoms with van der Waals surface area (Å²) in [5, 5.41) is 9.38. The van der Waals surface area contributed by atoms with Crippen molar-refractivity contribution in [2.24, 2.45) is 0 Å². The standard InChI is InChI=1S/C12H21N3O4S/c1-9(2)14-6-12(13-8-14)20(17,18)15-5-11(19-3)4-10(15)7-16/h6,8-11,16H,4-5,7H2,1-3H3/t10-,11+/m0/s1. The van der Waals surface area contributed by atoms with Crippen LogP contribution in [0.1, 0.15) is 26.3 Å². The van der Waals surface area contributed by atoms with E-state index in [1.165, 1.54) is 16.8 Å². The molecule has 0 radical (unpaired) electrons. The van der Waals surface area contributed by atoms with Crippen molar-refractivity contribution in [3.05, 3.63) is 12.5 Å². The number of ether oxygens (including phenoxy) is 1. The first kappa shape index (κ1) is 15.4. The number of rotatable bonds is 5. The summed E-state index contributed by atoms with van der Waals surface area (Å²) >= 11 is 0. The first-order chi connectivity index (χ1) is 9.40. The van der Waals surface area contributed by atoms with Gasteiger partial charge in [-0.2, -0.15) is 4.31 Å². The zero-order valence-corrected chi connectivity index (χ0v) is 12.7. The summed E-state index contributed by atoms with van der Waals surface area (Å²) in [7, 11) is -2.15. The van der Waals surface area contributed by atoms with Gasteiger partial charge in [-0.1, -0.05) is 0 Å². The van der Waals surface area contributed by atoms with Gasteiger partial charge in [0.15, 0.2) is 5.03 Å². The zero-order chi connectivity index (χ0) is 14.9. The Kier molecular flexibility index (Phi) is 4.48. The first-order valence-electron chi connectivity index (χ1n) is 6.59. The summed E-state index contributed by atoms with van der Waals surface area (Å²) in [6.45, 7) is 3.93. The number of aliphatic hydroxyl groups is 1. The van der Waals surface area contributed by atoms with Crippen molar-refractivity contribution < 1.29 is 18.3 Å². The van der Waals surface area contributed by atoms with Crippen LogP contribution >= 0.6 is 0 Å². The van der Waals surface area contributed by atoms with Crippen LogP contribution in [0.5, 0.6) is 0 Å². The summed E-state index contributed by atoms with van der Waals surface area (Å²) in [4.78, 5) is 3.98. The van der Waals surface area contributed by atoms with Crippen molar-refractivity contribution in [1.29, 1.82) is 0 Å². The maximum absolute atomic E-state index is 12.6. The van der Waals surface area contributed by atoms with Crippen LogP contribution < -0.4 is 0 Å². The Bertz CT molecular complexity index is 555. The fraction of sp³-hybridized carbons (Fsp3) is 0.750. The summed E-state index contributed by atoms with van der Waals surface area (Å²) in [6, 6.07) is -0.306. The first-order valence-corrected chi connectivity index (χ1v) is 8.03. The van der Waals surface area contributed by atoms with Gasteiger partial charge in [0.1, 0.15) is 0 Å². The molecule has 1 aliphatic heterocycles. The predicted molar refractivity (Wildman–Crippen MR) is 72.8 cm³/mol. The average Bonchev–Trinajstić information content (AvgIpc) is 3.05. The highest BCUT2D eigenvalue weighted by Gasteiger charge is 2.41. The van der Waals surface area contributed by atoms with Crippen LogP contribution in [0.4, 0.5) is 0 Å². The number of sulfonamides is 1. The van der Waals surface area contributed by atoms with E-state index in [0.29, 0.717) is 6.42 Å². The van der Waals surface area contributed by atoms with E-state index in [0.717, 1.165) is 0 Å². The van der Waals surface area contributed by atoms with E-state index in [1.54, 1.807) is 11.7 Å². The van der Waals surface area contributed by atoms with Crippen LogP contribution in [0.3, 0.4) is 0 Å². The van der Waals surface area contributed by atoms with Gasteiger partial charge in [0.05, 0.1) is 25.1 Å². The van der Waals surface area contributed by atoms with E-state index in [4.69, 9.17) is 4.74 Å². The maximum atomic E-state index is 12.6. The molecule has 0 bridgehead atoms. The molecular formula is C12H21N3O4S. The molecular weight excluding hydrogens is 282 g/mol. The number of nitrogens with zero attached hydrogens (tertiary/aromatic N) is 3. The third-order valence-corrected chi connectivity index (χ3v) is 5.42. The Hall–Kier alpha value is -0.960. The molecule has 0 amide bonds. The minimum Gasteiger partial charge on any atom is -0.395 e. The topological polar surface area (TPSA) is 84.7 Å². The molecule has 0 aliphatic carbocycles. The number of imidazole rings is 1. The average molecular weight is 303 g/mol. The van der Waals surface area contributed by atoms with Gasteiger partial charge in [0.2, 0.25) is 0 Å². The molecule has 8 heteroatoms. The summed E-state index contributed by atoms with van der Waals surface area (Å²) in [5.41, 5.74) is 0. The van der Waals surface area contributed by atoms with Crippen molar-refractivity contribution in [1.82, 2.24) is 13.9 Å². The molecule has 0 saturated carbocycles. The second-order valence-corrected chi connectivity index (χ2v) is 7.09. The molecule has 1 fully saturated rings. The van der Waals surface area contributed by atoms with Crippen molar-refractivity contribution in [3.63, 3.8) is 0 Å². The van der Waals surface area contributed by atoms with Gasteiger partial charge < -0.3 is 14.4 Å². The molecule has 0 spiro atoms. The zero-order valence-electron chi connectivity index (χ0n) is 11.9. The monoisotopic (exact) mass is 303 g/mol. The molecule has 2 rings (SSSR count). The molecule has 1 saturated heterocycles. The SMILES string of the molecule is CO[C@@H]1C[C@@H](CO)N(S(=O)(=O)c2cn(C(C)C)cn2)C1. The maximum Gasteiger partial charge on any atom is 0.262 e.